The SMILES string of the molecule is CC=C1C[C@@H]2C[C@H]1CC2C(O)C(C)C. The van der Waals surface area contributed by atoms with Gasteiger partial charge in [-0.15, -0.1) is 0 Å². The predicted octanol–water partition coefficient (Wildman–Crippen LogP) is 3.00. The molecule has 0 aromatic carbocycles. The summed E-state index contributed by atoms with van der Waals surface area (Å²) in [4.78, 5) is 0. The smallest absolute Gasteiger partial charge is 0.0594 e. The summed E-state index contributed by atoms with van der Waals surface area (Å²) >= 11 is 0. The van der Waals surface area contributed by atoms with Gasteiger partial charge in [0.1, 0.15) is 0 Å². The Kier molecular flexibility index (Phi) is 2.70. The summed E-state index contributed by atoms with van der Waals surface area (Å²) in [6.07, 6.45) is 6.07. The van der Waals surface area contributed by atoms with Crippen molar-refractivity contribution in [3.05, 3.63) is 11.6 Å². The Morgan fingerprint density at radius 1 is 1.36 bits per heavy atom. The highest BCUT2D eigenvalue weighted by Gasteiger charge is 2.45. The van der Waals surface area contributed by atoms with E-state index in [0.29, 0.717) is 11.8 Å². The van der Waals surface area contributed by atoms with Gasteiger partial charge in [0.2, 0.25) is 0 Å². The predicted molar refractivity (Wildman–Crippen MR) is 58.9 cm³/mol. The Morgan fingerprint density at radius 3 is 2.50 bits per heavy atom. The number of fused-ring (bicyclic) bond motifs is 2. The number of hydrogen-bond donors (Lipinski definition) is 1. The van der Waals surface area contributed by atoms with E-state index in [0.717, 1.165) is 11.8 Å². The Labute approximate surface area is 87.2 Å². The normalized spacial score (nSPS) is 41.2. The highest BCUT2D eigenvalue weighted by molar-refractivity contribution is 5.18. The van der Waals surface area contributed by atoms with E-state index in [4.69, 9.17) is 0 Å². The van der Waals surface area contributed by atoms with Crippen LogP contribution in [0.5, 0.6) is 0 Å². The van der Waals surface area contributed by atoms with E-state index in [2.05, 4.69) is 26.8 Å². The van der Waals surface area contributed by atoms with Crippen molar-refractivity contribution in [2.24, 2.45) is 23.7 Å². The zero-order valence-corrected chi connectivity index (χ0v) is 9.53. The molecule has 1 N–H and O–H groups in total. The first-order valence-corrected chi connectivity index (χ1v) is 5.96. The highest BCUT2D eigenvalue weighted by atomic mass is 16.3. The summed E-state index contributed by atoms with van der Waals surface area (Å²) in [5, 5.41) is 10.1. The zero-order valence-electron chi connectivity index (χ0n) is 9.53. The third-order valence-corrected chi connectivity index (χ3v) is 4.26. The maximum Gasteiger partial charge on any atom is 0.0594 e. The second-order valence-electron chi connectivity index (χ2n) is 5.39. The van der Waals surface area contributed by atoms with E-state index >= 15 is 0 Å². The van der Waals surface area contributed by atoms with Gasteiger partial charge in [-0.25, -0.2) is 0 Å². The van der Waals surface area contributed by atoms with Gasteiger partial charge in [-0.3, -0.25) is 0 Å². The number of aliphatic hydroxyl groups is 1. The summed E-state index contributed by atoms with van der Waals surface area (Å²) in [5.41, 5.74) is 1.65. The van der Waals surface area contributed by atoms with Crippen molar-refractivity contribution in [2.45, 2.75) is 46.1 Å². The van der Waals surface area contributed by atoms with Crippen LogP contribution in [-0.4, -0.2) is 11.2 Å². The first-order valence-electron chi connectivity index (χ1n) is 5.96. The second-order valence-corrected chi connectivity index (χ2v) is 5.39. The molecule has 2 bridgehead atoms. The van der Waals surface area contributed by atoms with Gasteiger partial charge in [-0.2, -0.15) is 0 Å². The van der Waals surface area contributed by atoms with E-state index in [1.807, 2.05) is 0 Å². The molecule has 0 aromatic heterocycles. The van der Waals surface area contributed by atoms with Gasteiger partial charge >= 0.3 is 0 Å². The molecule has 0 spiro atoms. The molecule has 0 aromatic rings. The van der Waals surface area contributed by atoms with Crippen molar-refractivity contribution in [1.82, 2.24) is 0 Å². The Hall–Kier alpha value is -0.300. The lowest BCUT2D eigenvalue weighted by molar-refractivity contribution is 0.0422. The largest absolute Gasteiger partial charge is 0.393 e. The van der Waals surface area contributed by atoms with Gasteiger partial charge in [0.05, 0.1) is 6.10 Å². The van der Waals surface area contributed by atoms with Gasteiger partial charge in [0.15, 0.2) is 0 Å². The number of allylic oxidation sites excluding steroid dienone is 2. The quantitative estimate of drug-likeness (QED) is 0.670. The lowest BCUT2D eigenvalue weighted by atomic mass is 9.79. The molecule has 2 unspecified atom stereocenters. The van der Waals surface area contributed by atoms with E-state index in [9.17, 15) is 5.11 Å². The summed E-state index contributed by atoms with van der Waals surface area (Å²) < 4.78 is 0. The number of aliphatic hydroxyl groups excluding tert-OH is 1. The standard InChI is InChI=1S/C13H22O/c1-4-9-5-11-6-10(9)7-12(11)13(14)8(2)3/h4,8,10-14H,5-7H2,1-3H3/t10-,11+,12?,13?/m0/s1. The van der Waals surface area contributed by atoms with Crippen molar-refractivity contribution in [3.63, 3.8) is 0 Å². The average molecular weight is 194 g/mol. The first kappa shape index (κ1) is 10.2. The molecular weight excluding hydrogens is 172 g/mol. The maximum atomic E-state index is 10.1. The molecule has 2 aliphatic rings. The highest BCUT2D eigenvalue weighted by Crippen LogP contribution is 2.53. The monoisotopic (exact) mass is 194 g/mol. The molecule has 2 fully saturated rings. The van der Waals surface area contributed by atoms with Crippen LogP contribution in [-0.2, 0) is 0 Å². The summed E-state index contributed by atoms with van der Waals surface area (Å²) in [6.45, 7) is 6.42. The van der Waals surface area contributed by atoms with Crippen molar-refractivity contribution in [1.29, 1.82) is 0 Å². The van der Waals surface area contributed by atoms with Crippen LogP contribution in [0.25, 0.3) is 0 Å². The molecule has 0 radical (unpaired) electrons. The first-order chi connectivity index (χ1) is 6.63. The zero-order chi connectivity index (χ0) is 10.3. The van der Waals surface area contributed by atoms with E-state index < -0.39 is 0 Å². The maximum absolute atomic E-state index is 10.1. The molecule has 80 valence electrons. The summed E-state index contributed by atoms with van der Waals surface area (Å²) in [5.74, 6) is 2.60. The van der Waals surface area contributed by atoms with Crippen molar-refractivity contribution >= 4 is 0 Å². The molecule has 0 amide bonds. The molecule has 0 aliphatic heterocycles. The summed E-state index contributed by atoms with van der Waals surface area (Å²) in [6, 6.07) is 0. The Balaban J connectivity index is 2.03. The topological polar surface area (TPSA) is 20.2 Å². The van der Waals surface area contributed by atoms with Crippen LogP contribution in [0.2, 0.25) is 0 Å². The second kappa shape index (κ2) is 3.69. The van der Waals surface area contributed by atoms with Crippen LogP contribution < -0.4 is 0 Å². The van der Waals surface area contributed by atoms with Crippen molar-refractivity contribution in [2.75, 3.05) is 0 Å². The molecule has 2 saturated carbocycles. The van der Waals surface area contributed by atoms with Crippen molar-refractivity contribution in [3.8, 4) is 0 Å². The third-order valence-electron chi connectivity index (χ3n) is 4.26. The molecule has 1 nitrogen and oxygen atoms in total. The Morgan fingerprint density at radius 2 is 2.07 bits per heavy atom. The fraction of sp³-hybridized carbons (Fsp3) is 0.846. The minimum Gasteiger partial charge on any atom is -0.393 e. The lowest BCUT2D eigenvalue weighted by Gasteiger charge is -2.30. The van der Waals surface area contributed by atoms with E-state index in [1.165, 1.54) is 19.3 Å². The van der Waals surface area contributed by atoms with Crippen molar-refractivity contribution < 1.29 is 5.11 Å². The molecule has 1 heteroatoms. The minimum atomic E-state index is -0.0663. The molecule has 14 heavy (non-hydrogen) atoms. The Bertz CT molecular complexity index is 242. The fourth-order valence-corrected chi connectivity index (χ4v) is 3.43. The van der Waals surface area contributed by atoms with Crippen LogP contribution >= 0.6 is 0 Å². The number of hydrogen-bond acceptors (Lipinski definition) is 1. The van der Waals surface area contributed by atoms with Gasteiger partial charge in [-0.1, -0.05) is 25.5 Å². The van der Waals surface area contributed by atoms with E-state index in [1.54, 1.807) is 5.57 Å². The minimum absolute atomic E-state index is 0.0663. The summed E-state index contributed by atoms with van der Waals surface area (Å²) in [7, 11) is 0. The molecule has 2 aliphatic carbocycles. The third kappa shape index (κ3) is 1.52. The molecule has 0 saturated heterocycles. The average Bonchev–Trinajstić information content (AvgIpc) is 2.74. The fourth-order valence-electron chi connectivity index (χ4n) is 3.43. The molecule has 0 heterocycles. The molecule has 2 rings (SSSR count). The van der Waals surface area contributed by atoms with E-state index in [-0.39, 0.29) is 6.10 Å². The molecule has 4 atom stereocenters. The lowest BCUT2D eigenvalue weighted by Crippen LogP contribution is -2.30. The van der Waals surface area contributed by atoms with Gasteiger partial charge in [-0.05, 0) is 49.9 Å². The van der Waals surface area contributed by atoms with Crippen LogP contribution in [0.15, 0.2) is 11.6 Å². The van der Waals surface area contributed by atoms with Gasteiger partial charge < -0.3 is 5.11 Å². The van der Waals surface area contributed by atoms with Crippen LogP contribution in [0, 0.1) is 23.7 Å². The van der Waals surface area contributed by atoms with Crippen LogP contribution in [0.4, 0.5) is 0 Å². The van der Waals surface area contributed by atoms with Crippen LogP contribution in [0.1, 0.15) is 40.0 Å². The molecular formula is C13H22O. The van der Waals surface area contributed by atoms with Gasteiger partial charge in [0.25, 0.3) is 0 Å². The van der Waals surface area contributed by atoms with Gasteiger partial charge in [0, 0.05) is 0 Å². The van der Waals surface area contributed by atoms with Crippen LogP contribution in [0.3, 0.4) is 0 Å². The number of rotatable bonds is 2.